The first-order chi connectivity index (χ1) is 9.06. The maximum atomic E-state index is 5.69. The van der Waals surface area contributed by atoms with Gasteiger partial charge >= 0.3 is 0 Å². The summed E-state index contributed by atoms with van der Waals surface area (Å²) in [6.45, 7) is 2.07. The molecule has 0 saturated heterocycles. The Balaban J connectivity index is 2.51. The molecule has 0 spiro atoms. The van der Waals surface area contributed by atoms with E-state index in [2.05, 4.69) is 33.1 Å². The van der Waals surface area contributed by atoms with Gasteiger partial charge in [-0.05, 0) is 28.1 Å². The molecular weight excluding hydrogens is 310 g/mol. The van der Waals surface area contributed by atoms with Gasteiger partial charge in [-0.1, -0.05) is 6.92 Å². The van der Waals surface area contributed by atoms with E-state index in [0.29, 0.717) is 23.8 Å². The van der Waals surface area contributed by atoms with Crippen molar-refractivity contribution < 1.29 is 9.47 Å². The molecule has 1 heterocycles. The van der Waals surface area contributed by atoms with Gasteiger partial charge in [-0.2, -0.15) is 5.10 Å². The molecule has 19 heavy (non-hydrogen) atoms. The molecule has 102 valence electrons. The van der Waals surface area contributed by atoms with E-state index in [1.807, 2.05) is 12.1 Å². The fraction of sp³-hybridized carbons (Fsp3) is 0.385. The molecule has 1 aromatic rings. The van der Waals surface area contributed by atoms with Crippen LogP contribution >= 0.6 is 15.9 Å². The topological polar surface area (TPSA) is 69.2 Å². The largest absolute Gasteiger partial charge is 0.493 e. The van der Waals surface area contributed by atoms with E-state index in [0.717, 1.165) is 15.7 Å². The van der Waals surface area contributed by atoms with Gasteiger partial charge in [0.15, 0.2) is 11.5 Å². The highest BCUT2D eigenvalue weighted by Crippen LogP contribution is 2.35. The second-order valence-corrected chi connectivity index (χ2v) is 5.22. The third-order valence-electron chi connectivity index (χ3n) is 3.02. The molecule has 1 atom stereocenters. The second-order valence-electron chi connectivity index (χ2n) is 4.37. The molecular formula is C13H16BrN3O2. The van der Waals surface area contributed by atoms with Crippen molar-refractivity contribution >= 4 is 27.5 Å². The van der Waals surface area contributed by atoms with E-state index < -0.39 is 0 Å². The first-order valence-electron chi connectivity index (χ1n) is 5.88. The van der Waals surface area contributed by atoms with Gasteiger partial charge in [-0.25, -0.2) is 0 Å². The number of hydrogen-bond acceptors (Lipinski definition) is 5. The summed E-state index contributed by atoms with van der Waals surface area (Å²) in [6.07, 6.45) is 0.708. The van der Waals surface area contributed by atoms with Gasteiger partial charge in [0, 0.05) is 22.4 Å². The average Bonchev–Trinajstić information content (AvgIpc) is 2.39. The monoisotopic (exact) mass is 325 g/mol. The molecule has 0 saturated carbocycles. The van der Waals surface area contributed by atoms with E-state index in [1.165, 1.54) is 0 Å². The number of nitrogens with two attached hydrogens (primary N) is 1. The summed E-state index contributed by atoms with van der Waals surface area (Å²) in [7, 11) is 3.22. The molecule has 2 N–H and O–H groups in total. The van der Waals surface area contributed by atoms with Crippen LogP contribution in [0.3, 0.4) is 0 Å². The van der Waals surface area contributed by atoms with Crippen LogP contribution in [0.1, 0.15) is 18.9 Å². The number of halogens is 1. The molecule has 0 aliphatic carbocycles. The van der Waals surface area contributed by atoms with Crippen LogP contribution in [0.4, 0.5) is 0 Å². The van der Waals surface area contributed by atoms with Gasteiger partial charge in [-0.15, -0.1) is 5.10 Å². The van der Waals surface area contributed by atoms with Crippen molar-refractivity contribution in [2.45, 2.75) is 13.3 Å². The lowest BCUT2D eigenvalue weighted by Gasteiger charge is -2.19. The first-order valence-corrected chi connectivity index (χ1v) is 6.68. The third-order valence-corrected chi connectivity index (χ3v) is 3.67. The molecule has 1 aliphatic heterocycles. The molecule has 1 aromatic carbocycles. The van der Waals surface area contributed by atoms with Crippen molar-refractivity contribution in [2.75, 3.05) is 14.2 Å². The molecule has 0 bridgehead atoms. The van der Waals surface area contributed by atoms with Crippen molar-refractivity contribution in [3.63, 3.8) is 0 Å². The van der Waals surface area contributed by atoms with E-state index in [1.54, 1.807) is 14.2 Å². The SMILES string of the molecule is COc1cc(Br)c(C2=NN=C(N)CC2C)cc1OC. The summed E-state index contributed by atoms with van der Waals surface area (Å²) in [6, 6.07) is 3.76. The minimum atomic E-state index is 0.215. The lowest BCUT2D eigenvalue weighted by Crippen LogP contribution is -2.25. The fourth-order valence-corrected chi connectivity index (χ4v) is 2.56. The molecule has 0 amide bonds. The summed E-state index contributed by atoms with van der Waals surface area (Å²) in [5, 5.41) is 8.17. The second kappa shape index (κ2) is 5.61. The molecule has 5 nitrogen and oxygen atoms in total. The Bertz CT molecular complexity index is 555. The van der Waals surface area contributed by atoms with Gasteiger partial charge in [0.1, 0.15) is 5.84 Å². The van der Waals surface area contributed by atoms with Gasteiger partial charge < -0.3 is 15.2 Å². The average molecular weight is 326 g/mol. The Hall–Kier alpha value is -1.56. The lowest BCUT2D eigenvalue weighted by atomic mass is 9.94. The zero-order chi connectivity index (χ0) is 14.0. The number of rotatable bonds is 3. The van der Waals surface area contributed by atoms with Crippen LogP contribution in [0.25, 0.3) is 0 Å². The van der Waals surface area contributed by atoms with Crippen LogP contribution in [0, 0.1) is 5.92 Å². The third kappa shape index (κ3) is 2.73. The molecule has 1 unspecified atom stereocenters. The quantitative estimate of drug-likeness (QED) is 0.928. The minimum Gasteiger partial charge on any atom is -0.493 e. The smallest absolute Gasteiger partial charge is 0.161 e. The first kappa shape index (κ1) is 13.9. The van der Waals surface area contributed by atoms with Crippen LogP contribution in [-0.4, -0.2) is 25.8 Å². The summed E-state index contributed by atoms with van der Waals surface area (Å²) >= 11 is 3.53. The molecule has 0 fully saturated rings. The van der Waals surface area contributed by atoms with Crippen LogP contribution in [0.5, 0.6) is 11.5 Å². The number of hydrogen-bond donors (Lipinski definition) is 1. The van der Waals surface area contributed by atoms with Gasteiger partial charge in [0.25, 0.3) is 0 Å². The van der Waals surface area contributed by atoms with Crippen LogP contribution < -0.4 is 15.2 Å². The Labute approximate surface area is 120 Å². The van der Waals surface area contributed by atoms with E-state index in [4.69, 9.17) is 15.2 Å². The molecule has 0 radical (unpaired) electrons. The Kier molecular flexibility index (Phi) is 4.09. The number of methoxy groups -OCH3 is 2. The highest BCUT2D eigenvalue weighted by molar-refractivity contribution is 9.10. The standard InChI is InChI=1S/C13H16BrN3O2/c1-7-4-12(15)16-17-13(7)8-5-10(18-2)11(19-3)6-9(8)14/h5-7H,4H2,1-3H3,(H2,15,16). The predicted octanol–water partition coefficient (Wildman–Crippen LogP) is 2.57. The lowest BCUT2D eigenvalue weighted by molar-refractivity contribution is 0.354. The van der Waals surface area contributed by atoms with Crippen LogP contribution in [-0.2, 0) is 0 Å². The fourth-order valence-electron chi connectivity index (χ4n) is 2.04. The van der Waals surface area contributed by atoms with E-state index >= 15 is 0 Å². The summed E-state index contributed by atoms with van der Waals surface area (Å²) in [5.41, 5.74) is 7.53. The number of ether oxygens (including phenoxy) is 2. The Morgan fingerprint density at radius 3 is 2.42 bits per heavy atom. The van der Waals surface area contributed by atoms with E-state index in [9.17, 15) is 0 Å². The zero-order valence-electron chi connectivity index (χ0n) is 11.1. The van der Waals surface area contributed by atoms with Crippen molar-refractivity contribution in [3.05, 3.63) is 22.2 Å². The molecule has 6 heteroatoms. The maximum absolute atomic E-state index is 5.69. The molecule has 2 rings (SSSR count). The maximum Gasteiger partial charge on any atom is 0.161 e. The highest BCUT2D eigenvalue weighted by Gasteiger charge is 2.22. The predicted molar refractivity (Wildman–Crippen MR) is 79.2 cm³/mol. The Morgan fingerprint density at radius 1 is 1.21 bits per heavy atom. The van der Waals surface area contributed by atoms with Crippen molar-refractivity contribution in [1.29, 1.82) is 0 Å². The van der Waals surface area contributed by atoms with Gasteiger partial charge in [0.2, 0.25) is 0 Å². The van der Waals surface area contributed by atoms with Gasteiger partial charge in [-0.3, -0.25) is 0 Å². The van der Waals surface area contributed by atoms with E-state index in [-0.39, 0.29) is 5.92 Å². The van der Waals surface area contributed by atoms with Crippen molar-refractivity contribution in [2.24, 2.45) is 21.9 Å². The summed E-state index contributed by atoms with van der Waals surface area (Å²) < 4.78 is 11.5. The van der Waals surface area contributed by atoms with Crippen molar-refractivity contribution in [3.8, 4) is 11.5 Å². The number of amidine groups is 1. The van der Waals surface area contributed by atoms with Crippen LogP contribution in [0.2, 0.25) is 0 Å². The number of benzene rings is 1. The molecule has 0 aromatic heterocycles. The Morgan fingerprint density at radius 2 is 1.84 bits per heavy atom. The van der Waals surface area contributed by atoms with Crippen LogP contribution in [0.15, 0.2) is 26.8 Å². The summed E-state index contributed by atoms with van der Waals surface area (Å²) in [5.74, 6) is 2.11. The van der Waals surface area contributed by atoms with Gasteiger partial charge in [0.05, 0.1) is 19.9 Å². The summed E-state index contributed by atoms with van der Waals surface area (Å²) in [4.78, 5) is 0. The highest BCUT2D eigenvalue weighted by atomic mass is 79.9. The number of nitrogens with zero attached hydrogens (tertiary/aromatic N) is 2. The van der Waals surface area contributed by atoms with Crippen molar-refractivity contribution in [1.82, 2.24) is 0 Å². The molecule has 1 aliphatic rings. The normalized spacial score (nSPS) is 18.6. The minimum absolute atomic E-state index is 0.215. The zero-order valence-corrected chi connectivity index (χ0v) is 12.7.